The third-order valence-electron chi connectivity index (χ3n) is 3.52. The second-order valence-electron chi connectivity index (χ2n) is 5.52. The average Bonchev–Trinajstić information content (AvgIpc) is 2.59. The minimum atomic E-state index is -0.400. The molecule has 0 radical (unpaired) electrons. The first-order chi connectivity index (χ1) is 11.6. The lowest BCUT2D eigenvalue weighted by Gasteiger charge is -2.17. The van der Waals surface area contributed by atoms with Crippen molar-refractivity contribution in [2.45, 2.75) is 46.2 Å². The van der Waals surface area contributed by atoms with Gasteiger partial charge in [-0.25, -0.2) is 4.99 Å². The zero-order valence-corrected chi connectivity index (χ0v) is 14.7. The van der Waals surface area contributed by atoms with E-state index in [1.54, 1.807) is 12.1 Å². The molecule has 1 unspecified atom stereocenters. The van der Waals surface area contributed by atoms with E-state index in [-0.39, 0.29) is 5.69 Å². The number of ether oxygens (including phenoxy) is 1. The number of nitrogens with one attached hydrogen (secondary N) is 2. The van der Waals surface area contributed by atoms with Crippen LogP contribution in [0, 0.1) is 10.1 Å². The standard InChI is InChI=1S/C17H28N4O3/c1-4-14(3)20-17(18-11-6-12-24-5-2)19-13-15-7-9-16(10-8-15)21(22)23/h7-10,14H,4-6,11-13H2,1-3H3,(H2,18,19,20). The summed E-state index contributed by atoms with van der Waals surface area (Å²) in [6.07, 6.45) is 1.91. The molecular weight excluding hydrogens is 308 g/mol. The molecule has 0 fully saturated rings. The van der Waals surface area contributed by atoms with Crippen molar-refractivity contribution in [1.29, 1.82) is 0 Å². The van der Waals surface area contributed by atoms with Crippen molar-refractivity contribution in [2.75, 3.05) is 19.8 Å². The first-order valence-corrected chi connectivity index (χ1v) is 8.42. The Kier molecular flexibility index (Phi) is 9.45. The van der Waals surface area contributed by atoms with Crippen molar-refractivity contribution in [2.24, 2.45) is 4.99 Å². The van der Waals surface area contributed by atoms with E-state index >= 15 is 0 Å². The molecule has 7 nitrogen and oxygen atoms in total. The summed E-state index contributed by atoms with van der Waals surface area (Å²) in [4.78, 5) is 14.8. The third kappa shape index (κ3) is 7.92. The van der Waals surface area contributed by atoms with Crippen LogP contribution in [0.15, 0.2) is 29.3 Å². The number of benzene rings is 1. The first-order valence-electron chi connectivity index (χ1n) is 8.42. The van der Waals surface area contributed by atoms with Crippen LogP contribution in [0.5, 0.6) is 0 Å². The topological polar surface area (TPSA) is 88.8 Å². The van der Waals surface area contributed by atoms with Crippen molar-refractivity contribution in [3.8, 4) is 0 Å². The number of hydrogen-bond donors (Lipinski definition) is 2. The number of guanidine groups is 1. The van der Waals surface area contributed by atoms with E-state index in [1.165, 1.54) is 12.1 Å². The van der Waals surface area contributed by atoms with Crippen LogP contribution in [-0.4, -0.2) is 36.7 Å². The molecule has 1 aromatic carbocycles. The molecule has 0 amide bonds. The summed E-state index contributed by atoms with van der Waals surface area (Å²) < 4.78 is 5.32. The van der Waals surface area contributed by atoms with Crippen molar-refractivity contribution in [3.63, 3.8) is 0 Å². The van der Waals surface area contributed by atoms with E-state index in [0.717, 1.165) is 44.1 Å². The van der Waals surface area contributed by atoms with Gasteiger partial charge in [0.2, 0.25) is 0 Å². The van der Waals surface area contributed by atoms with Gasteiger partial charge in [-0.1, -0.05) is 19.1 Å². The molecular formula is C17H28N4O3. The molecule has 0 bridgehead atoms. The third-order valence-corrected chi connectivity index (χ3v) is 3.52. The molecule has 0 spiro atoms. The van der Waals surface area contributed by atoms with Crippen LogP contribution in [0.3, 0.4) is 0 Å². The van der Waals surface area contributed by atoms with E-state index in [1.807, 2.05) is 6.92 Å². The number of rotatable bonds is 10. The summed E-state index contributed by atoms with van der Waals surface area (Å²) in [5, 5.41) is 17.3. The number of nitrogens with zero attached hydrogens (tertiary/aromatic N) is 2. The van der Waals surface area contributed by atoms with Crippen LogP contribution in [-0.2, 0) is 11.3 Å². The molecule has 1 aromatic rings. The Labute approximate surface area is 143 Å². The van der Waals surface area contributed by atoms with Gasteiger partial charge < -0.3 is 15.4 Å². The van der Waals surface area contributed by atoms with Gasteiger partial charge in [0, 0.05) is 37.9 Å². The molecule has 0 saturated heterocycles. The van der Waals surface area contributed by atoms with Crippen LogP contribution >= 0.6 is 0 Å². The van der Waals surface area contributed by atoms with Crippen molar-refractivity contribution < 1.29 is 9.66 Å². The highest BCUT2D eigenvalue weighted by Gasteiger charge is 2.05. The molecule has 0 heterocycles. The summed E-state index contributed by atoms with van der Waals surface area (Å²) in [6.45, 7) is 8.89. The molecule has 1 atom stereocenters. The Balaban J connectivity index is 2.59. The predicted octanol–water partition coefficient (Wildman–Crippen LogP) is 2.86. The SMILES string of the molecule is CCOCCCNC(=NCc1ccc([N+](=O)[O-])cc1)NC(C)CC. The van der Waals surface area contributed by atoms with Gasteiger partial charge in [0.25, 0.3) is 5.69 Å². The van der Waals surface area contributed by atoms with Gasteiger partial charge >= 0.3 is 0 Å². The van der Waals surface area contributed by atoms with Crippen LogP contribution in [0.1, 0.15) is 39.2 Å². The lowest BCUT2D eigenvalue weighted by molar-refractivity contribution is -0.384. The normalized spacial score (nSPS) is 12.7. The van der Waals surface area contributed by atoms with Crippen molar-refractivity contribution in [3.05, 3.63) is 39.9 Å². The zero-order chi connectivity index (χ0) is 17.8. The minimum Gasteiger partial charge on any atom is -0.382 e. The predicted molar refractivity (Wildman–Crippen MR) is 96.2 cm³/mol. The Hall–Kier alpha value is -2.15. The summed E-state index contributed by atoms with van der Waals surface area (Å²) in [5.41, 5.74) is 1.02. The van der Waals surface area contributed by atoms with E-state index in [0.29, 0.717) is 12.6 Å². The summed E-state index contributed by atoms with van der Waals surface area (Å²) >= 11 is 0. The van der Waals surface area contributed by atoms with Gasteiger partial charge in [-0.3, -0.25) is 10.1 Å². The molecule has 24 heavy (non-hydrogen) atoms. The van der Waals surface area contributed by atoms with Gasteiger partial charge in [0.1, 0.15) is 0 Å². The van der Waals surface area contributed by atoms with Gasteiger partial charge in [0.05, 0.1) is 11.5 Å². The molecule has 1 rings (SSSR count). The number of non-ortho nitro benzene ring substituents is 1. The number of nitro benzene ring substituents is 1. The fraction of sp³-hybridized carbons (Fsp3) is 0.588. The fourth-order valence-electron chi connectivity index (χ4n) is 1.91. The van der Waals surface area contributed by atoms with E-state index in [9.17, 15) is 10.1 Å². The second kappa shape index (κ2) is 11.4. The van der Waals surface area contributed by atoms with Gasteiger partial charge in [0.15, 0.2) is 5.96 Å². The van der Waals surface area contributed by atoms with Gasteiger partial charge in [-0.2, -0.15) is 0 Å². The summed E-state index contributed by atoms with van der Waals surface area (Å²) in [7, 11) is 0. The van der Waals surface area contributed by atoms with Crippen molar-refractivity contribution in [1.82, 2.24) is 10.6 Å². The Morgan fingerprint density at radius 1 is 1.33 bits per heavy atom. The molecule has 2 N–H and O–H groups in total. The maximum absolute atomic E-state index is 10.7. The van der Waals surface area contributed by atoms with Crippen molar-refractivity contribution >= 4 is 11.6 Å². The second-order valence-corrected chi connectivity index (χ2v) is 5.52. The lowest BCUT2D eigenvalue weighted by Crippen LogP contribution is -2.42. The maximum Gasteiger partial charge on any atom is 0.269 e. The smallest absolute Gasteiger partial charge is 0.269 e. The summed E-state index contributed by atoms with van der Waals surface area (Å²) in [5.74, 6) is 0.749. The molecule has 0 aromatic heterocycles. The highest BCUT2D eigenvalue weighted by Crippen LogP contribution is 2.12. The quantitative estimate of drug-likeness (QED) is 0.225. The number of aliphatic imine (C=N–C) groups is 1. The average molecular weight is 336 g/mol. The van der Waals surface area contributed by atoms with Crippen LogP contribution < -0.4 is 10.6 Å². The van der Waals surface area contributed by atoms with E-state index < -0.39 is 4.92 Å². The first kappa shape index (κ1) is 19.9. The van der Waals surface area contributed by atoms with Gasteiger partial charge in [-0.05, 0) is 32.3 Å². The molecule has 134 valence electrons. The Bertz CT molecular complexity index is 517. The molecule has 0 aliphatic rings. The lowest BCUT2D eigenvalue weighted by atomic mass is 10.2. The monoisotopic (exact) mass is 336 g/mol. The van der Waals surface area contributed by atoms with Gasteiger partial charge in [-0.15, -0.1) is 0 Å². The molecule has 0 aliphatic carbocycles. The molecule has 7 heteroatoms. The maximum atomic E-state index is 10.7. The fourth-order valence-corrected chi connectivity index (χ4v) is 1.91. The largest absolute Gasteiger partial charge is 0.382 e. The Morgan fingerprint density at radius 3 is 2.62 bits per heavy atom. The van der Waals surface area contributed by atoms with Crippen LogP contribution in [0.2, 0.25) is 0 Å². The molecule has 0 aliphatic heterocycles. The Morgan fingerprint density at radius 2 is 2.04 bits per heavy atom. The van der Waals surface area contributed by atoms with E-state index in [2.05, 4.69) is 29.5 Å². The highest BCUT2D eigenvalue weighted by atomic mass is 16.6. The number of nitro groups is 1. The van der Waals surface area contributed by atoms with Crippen LogP contribution in [0.25, 0.3) is 0 Å². The highest BCUT2D eigenvalue weighted by molar-refractivity contribution is 5.80. The number of hydrogen-bond acceptors (Lipinski definition) is 4. The van der Waals surface area contributed by atoms with E-state index in [4.69, 9.17) is 4.74 Å². The zero-order valence-electron chi connectivity index (χ0n) is 14.7. The summed E-state index contributed by atoms with van der Waals surface area (Å²) in [6, 6.07) is 6.79. The molecule has 0 saturated carbocycles. The minimum absolute atomic E-state index is 0.0923. The van der Waals surface area contributed by atoms with Crippen LogP contribution in [0.4, 0.5) is 5.69 Å².